The molecule has 0 aliphatic rings. The lowest BCUT2D eigenvalue weighted by atomic mass is 10.2. The number of fused-ring (bicyclic) bond motifs is 1. The molecule has 5 rings (SSSR count). The molecule has 8 nitrogen and oxygen atoms in total. The first-order valence-corrected chi connectivity index (χ1v) is 8.11. The van der Waals surface area contributed by atoms with Gasteiger partial charge >= 0.3 is 5.82 Å². The lowest BCUT2D eigenvalue weighted by molar-refractivity contribution is -0.650. The van der Waals surface area contributed by atoms with E-state index >= 15 is 0 Å². The number of furan rings is 1. The molecule has 5 aromatic rings. The third-order valence-corrected chi connectivity index (χ3v) is 4.07. The Morgan fingerprint density at radius 3 is 2.62 bits per heavy atom. The van der Waals surface area contributed by atoms with Gasteiger partial charge in [-0.15, -0.1) is 14.9 Å². The molecule has 0 fully saturated rings. The van der Waals surface area contributed by atoms with Crippen LogP contribution in [0.1, 0.15) is 5.76 Å². The van der Waals surface area contributed by atoms with Crippen LogP contribution in [0, 0.1) is 6.92 Å². The van der Waals surface area contributed by atoms with Crippen LogP contribution in [0.3, 0.4) is 0 Å². The number of nitrogens with zero attached hydrogens (tertiary/aromatic N) is 6. The maximum absolute atomic E-state index is 5.66. The number of hydrogen-bond acceptors (Lipinski definition) is 5. The van der Waals surface area contributed by atoms with Crippen LogP contribution in [0.2, 0.25) is 0 Å². The molecule has 3 heterocycles. The van der Waals surface area contributed by atoms with Crippen LogP contribution in [-0.4, -0.2) is 30.5 Å². The van der Waals surface area contributed by atoms with Crippen molar-refractivity contribution in [2.45, 2.75) is 6.92 Å². The molecule has 1 N–H and O–H groups in total. The standard InChI is InChI=1S/C18H13N7O/c1-12-7-10-17(26-12)18-19-22-23-24(18)14-8-9-15-16(11-14)21-25(20-15)13-5-3-2-4-6-13/h2-11H,1H3/p+1. The molecule has 126 valence electrons. The monoisotopic (exact) mass is 344 g/mol. The zero-order chi connectivity index (χ0) is 17.5. The summed E-state index contributed by atoms with van der Waals surface area (Å²) in [6.45, 7) is 1.89. The Morgan fingerprint density at radius 2 is 1.81 bits per heavy atom. The summed E-state index contributed by atoms with van der Waals surface area (Å²) in [4.78, 5) is 1.63. The Hall–Kier alpha value is -3.81. The maximum atomic E-state index is 5.66. The van der Waals surface area contributed by atoms with Crippen molar-refractivity contribution in [3.63, 3.8) is 0 Å². The van der Waals surface area contributed by atoms with E-state index in [4.69, 9.17) is 4.42 Å². The highest BCUT2D eigenvalue weighted by molar-refractivity contribution is 5.75. The average molecular weight is 344 g/mol. The first kappa shape index (κ1) is 14.5. The van der Waals surface area contributed by atoms with Crippen LogP contribution in [-0.2, 0) is 0 Å². The summed E-state index contributed by atoms with van der Waals surface area (Å²) in [5.41, 5.74) is 3.33. The lowest BCUT2D eigenvalue weighted by Crippen LogP contribution is -2.35. The third kappa shape index (κ3) is 2.35. The van der Waals surface area contributed by atoms with Crippen LogP contribution in [0.25, 0.3) is 34.0 Å². The molecule has 0 saturated carbocycles. The van der Waals surface area contributed by atoms with Crippen molar-refractivity contribution in [1.29, 1.82) is 0 Å². The first-order chi connectivity index (χ1) is 12.8. The Morgan fingerprint density at radius 1 is 0.962 bits per heavy atom. The molecule has 2 aromatic carbocycles. The second kappa shape index (κ2) is 5.62. The Balaban J connectivity index is 1.60. The lowest BCUT2D eigenvalue weighted by Gasteiger charge is -1.97. The van der Waals surface area contributed by atoms with Crippen molar-refractivity contribution in [3.05, 3.63) is 66.4 Å². The molecule has 0 aliphatic heterocycles. The predicted octanol–water partition coefficient (Wildman–Crippen LogP) is 2.38. The summed E-state index contributed by atoms with van der Waals surface area (Å²) in [5, 5.41) is 20.0. The van der Waals surface area contributed by atoms with Crippen LogP contribution in [0.4, 0.5) is 0 Å². The molecule has 0 spiro atoms. The molecule has 0 aliphatic carbocycles. The van der Waals surface area contributed by atoms with Gasteiger partial charge in [-0.3, -0.25) is 0 Å². The van der Waals surface area contributed by atoms with Gasteiger partial charge in [-0.25, -0.2) is 0 Å². The minimum absolute atomic E-state index is 0.591. The van der Waals surface area contributed by atoms with E-state index in [1.807, 2.05) is 67.6 Å². The number of aryl methyl sites for hydroxylation is 1. The number of para-hydroxylation sites is 1. The van der Waals surface area contributed by atoms with Crippen LogP contribution in [0.5, 0.6) is 0 Å². The summed E-state index contributed by atoms with van der Waals surface area (Å²) < 4.78 is 7.41. The minimum atomic E-state index is 0.591. The van der Waals surface area contributed by atoms with E-state index in [-0.39, 0.29) is 0 Å². The van der Waals surface area contributed by atoms with E-state index in [1.165, 1.54) is 0 Å². The van der Waals surface area contributed by atoms with Gasteiger partial charge in [-0.2, -0.15) is 4.80 Å². The van der Waals surface area contributed by atoms with E-state index in [2.05, 4.69) is 25.7 Å². The predicted molar refractivity (Wildman–Crippen MR) is 92.8 cm³/mol. The van der Waals surface area contributed by atoms with Gasteiger partial charge in [0.15, 0.2) is 5.21 Å². The van der Waals surface area contributed by atoms with Crippen LogP contribution in [0.15, 0.2) is 65.1 Å². The van der Waals surface area contributed by atoms with Gasteiger partial charge in [0.05, 0.1) is 5.69 Å². The van der Waals surface area contributed by atoms with Gasteiger partial charge in [0.1, 0.15) is 27.6 Å². The van der Waals surface area contributed by atoms with Gasteiger partial charge < -0.3 is 4.42 Å². The number of tetrazole rings is 1. The van der Waals surface area contributed by atoms with Crippen molar-refractivity contribution < 1.29 is 9.10 Å². The topological polar surface area (TPSA) is 89.3 Å². The molecule has 0 unspecified atom stereocenters. The minimum Gasteiger partial charge on any atom is -0.455 e. The van der Waals surface area contributed by atoms with E-state index in [0.29, 0.717) is 11.6 Å². The molecule has 0 saturated heterocycles. The highest BCUT2D eigenvalue weighted by Gasteiger charge is 2.22. The number of aromatic nitrogens is 7. The highest BCUT2D eigenvalue weighted by atomic mass is 16.3. The molecule has 26 heavy (non-hydrogen) atoms. The van der Waals surface area contributed by atoms with Crippen LogP contribution < -0.4 is 4.68 Å². The van der Waals surface area contributed by atoms with E-state index in [1.54, 1.807) is 9.48 Å². The number of hydrogen-bond donors (Lipinski definition) is 1. The van der Waals surface area contributed by atoms with Crippen molar-refractivity contribution >= 4 is 11.0 Å². The number of benzene rings is 2. The van der Waals surface area contributed by atoms with Crippen molar-refractivity contribution in [3.8, 4) is 23.0 Å². The summed E-state index contributed by atoms with van der Waals surface area (Å²) in [5.74, 6) is 2.05. The van der Waals surface area contributed by atoms with Crippen molar-refractivity contribution in [2.24, 2.45) is 0 Å². The summed E-state index contributed by atoms with van der Waals surface area (Å²) in [6.07, 6.45) is 0. The number of nitrogens with one attached hydrogen (secondary N) is 1. The van der Waals surface area contributed by atoms with Crippen LogP contribution >= 0.6 is 0 Å². The van der Waals surface area contributed by atoms with E-state index in [0.717, 1.165) is 28.2 Å². The average Bonchev–Trinajstić information content (AvgIpc) is 3.40. The van der Waals surface area contributed by atoms with Gasteiger partial charge in [-0.05, 0) is 43.3 Å². The van der Waals surface area contributed by atoms with Crippen molar-refractivity contribution in [2.75, 3.05) is 0 Å². The molecule has 0 atom stereocenters. The zero-order valence-electron chi connectivity index (χ0n) is 13.9. The Bertz CT molecular complexity index is 1200. The highest BCUT2D eigenvalue weighted by Crippen LogP contribution is 2.19. The first-order valence-electron chi connectivity index (χ1n) is 8.11. The SMILES string of the molecule is Cc1ccc(-c2nn[nH][n+]2-c2ccc3nn(-c4ccccc4)nc3c2)o1. The Labute approximate surface area is 147 Å². The van der Waals surface area contributed by atoms with Gasteiger partial charge in [0, 0.05) is 6.07 Å². The van der Waals surface area contributed by atoms with E-state index < -0.39 is 0 Å². The quantitative estimate of drug-likeness (QED) is 0.508. The Kier molecular flexibility index (Phi) is 3.14. The maximum Gasteiger partial charge on any atom is 0.372 e. The fraction of sp³-hybridized carbons (Fsp3) is 0.0556. The fourth-order valence-electron chi connectivity index (χ4n) is 2.82. The molecule has 0 bridgehead atoms. The second-order valence-electron chi connectivity index (χ2n) is 5.87. The third-order valence-electron chi connectivity index (χ3n) is 4.07. The largest absolute Gasteiger partial charge is 0.455 e. The number of aromatic amines is 1. The summed E-state index contributed by atoms with van der Waals surface area (Å²) in [6, 6.07) is 19.3. The summed E-state index contributed by atoms with van der Waals surface area (Å²) >= 11 is 0. The molecule has 8 heteroatoms. The molecule has 3 aromatic heterocycles. The molecule has 0 radical (unpaired) electrons. The molecular weight excluding hydrogens is 330 g/mol. The van der Waals surface area contributed by atoms with Gasteiger partial charge in [-0.1, -0.05) is 23.4 Å². The fourth-order valence-corrected chi connectivity index (χ4v) is 2.82. The zero-order valence-corrected chi connectivity index (χ0v) is 13.9. The normalized spacial score (nSPS) is 11.3. The van der Waals surface area contributed by atoms with Gasteiger partial charge in [0.25, 0.3) is 0 Å². The summed E-state index contributed by atoms with van der Waals surface area (Å²) in [7, 11) is 0. The number of rotatable bonds is 3. The van der Waals surface area contributed by atoms with Gasteiger partial charge in [0.2, 0.25) is 5.76 Å². The second-order valence-corrected chi connectivity index (χ2v) is 5.87. The number of H-pyrrole nitrogens is 1. The molecule has 0 amide bonds. The molecular formula is C18H14N7O+. The smallest absolute Gasteiger partial charge is 0.372 e. The van der Waals surface area contributed by atoms with Crippen molar-refractivity contribution in [1.82, 2.24) is 30.5 Å². The van der Waals surface area contributed by atoms with E-state index in [9.17, 15) is 0 Å².